The van der Waals surface area contributed by atoms with Crippen molar-refractivity contribution in [3.63, 3.8) is 0 Å². The summed E-state index contributed by atoms with van der Waals surface area (Å²) < 4.78 is 1.20. The number of piperidine rings is 2. The minimum absolute atomic E-state index is 0.192. The number of nitrogens with zero attached hydrogens (tertiary/aromatic N) is 5. The van der Waals surface area contributed by atoms with Crippen molar-refractivity contribution in [1.82, 2.24) is 20.0 Å². The number of nitrogens with one attached hydrogen (secondary N) is 1. The minimum Gasteiger partial charge on any atom is -0.478 e. The van der Waals surface area contributed by atoms with Gasteiger partial charge in [0, 0.05) is 69.0 Å². The van der Waals surface area contributed by atoms with Crippen molar-refractivity contribution in [2.45, 2.75) is 31.7 Å². The molecule has 41 heavy (non-hydrogen) atoms. The van der Waals surface area contributed by atoms with E-state index in [9.17, 15) is 19.2 Å². The molecule has 3 saturated heterocycles. The fourth-order valence-corrected chi connectivity index (χ4v) is 6.23. The molecule has 4 heterocycles. The molecule has 0 bridgehead atoms. The van der Waals surface area contributed by atoms with E-state index in [2.05, 4.69) is 25.1 Å². The zero-order valence-corrected chi connectivity index (χ0v) is 22.9. The zero-order valence-electron chi connectivity index (χ0n) is 22.9. The lowest BCUT2D eigenvalue weighted by Gasteiger charge is -2.40. The molecule has 1 unspecified atom stereocenters. The fourth-order valence-electron chi connectivity index (χ4n) is 6.23. The Hall–Kier alpha value is -4.25. The summed E-state index contributed by atoms with van der Waals surface area (Å²) in [6, 6.07) is 12.2. The highest BCUT2D eigenvalue weighted by Crippen LogP contribution is 2.26. The van der Waals surface area contributed by atoms with Gasteiger partial charge in [-0.1, -0.05) is 0 Å². The molecule has 11 nitrogen and oxygen atoms in total. The number of amides is 2. The molecule has 0 saturated carbocycles. The molecule has 0 spiro atoms. The van der Waals surface area contributed by atoms with Crippen molar-refractivity contribution in [1.29, 1.82) is 0 Å². The van der Waals surface area contributed by atoms with Gasteiger partial charge in [0.05, 0.1) is 17.1 Å². The molecule has 0 radical (unpaired) electrons. The first-order valence-corrected chi connectivity index (χ1v) is 14.3. The van der Waals surface area contributed by atoms with Crippen LogP contribution in [0, 0.1) is 5.92 Å². The second-order valence-corrected chi connectivity index (χ2v) is 11.2. The summed E-state index contributed by atoms with van der Waals surface area (Å²) in [6.07, 6.45) is 4.33. The van der Waals surface area contributed by atoms with Gasteiger partial charge in [-0.15, -0.1) is 0 Å². The number of fused-ring (bicyclic) bond motifs is 1. The van der Waals surface area contributed by atoms with Gasteiger partial charge in [-0.05, 0) is 67.6 Å². The Balaban J connectivity index is 1.02. The number of hydrogen-bond donors (Lipinski definition) is 2. The quantitative estimate of drug-likeness (QED) is 0.437. The fraction of sp³-hybridized carbons (Fsp3) is 0.433. The normalized spacial score (nSPS) is 20.8. The minimum atomic E-state index is -0.899. The molecule has 6 rings (SSSR count). The van der Waals surface area contributed by atoms with Crippen LogP contribution in [0.15, 0.2) is 53.5 Å². The summed E-state index contributed by atoms with van der Waals surface area (Å²) in [7, 11) is 0. The summed E-state index contributed by atoms with van der Waals surface area (Å²) in [4.78, 5) is 55.2. The Morgan fingerprint density at radius 1 is 0.878 bits per heavy atom. The monoisotopic (exact) mass is 558 g/mol. The van der Waals surface area contributed by atoms with Gasteiger partial charge in [0.15, 0.2) is 0 Å². The van der Waals surface area contributed by atoms with Gasteiger partial charge in [0.1, 0.15) is 6.04 Å². The maximum absolute atomic E-state index is 13.1. The predicted molar refractivity (Wildman–Crippen MR) is 154 cm³/mol. The number of aromatic carboxylic acids is 1. The second-order valence-electron chi connectivity index (χ2n) is 11.2. The van der Waals surface area contributed by atoms with Crippen molar-refractivity contribution in [3.8, 4) is 0 Å². The third kappa shape index (κ3) is 5.67. The number of anilines is 2. The van der Waals surface area contributed by atoms with E-state index in [1.54, 1.807) is 18.3 Å². The number of benzene rings is 2. The van der Waals surface area contributed by atoms with Gasteiger partial charge in [0.25, 0.3) is 11.5 Å². The SMILES string of the molecule is O=C1CCC(n2ncc3cc(N4CCN(CC5CCN(c6ccc(C(=O)O)cc6)CC5)CC4)ccc3c2=O)C(=O)N1. The number of rotatable bonds is 6. The Morgan fingerprint density at radius 2 is 1.56 bits per heavy atom. The van der Waals surface area contributed by atoms with Crippen LogP contribution in [0.5, 0.6) is 0 Å². The first kappa shape index (κ1) is 26.9. The lowest BCUT2D eigenvalue weighted by atomic mass is 9.95. The first-order valence-electron chi connectivity index (χ1n) is 14.3. The van der Waals surface area contributed by atoms with Crippen LogP contribution in [0.2, 0.25) is 0 Å². The summed E-state index contributed by atoms with van der Waals surface area (Å²) in [5, 5.41) is 16.9. The molecule has 2 N–H and O–H groups in total. The van der Waals surface area contributed by atoms with Crippen LogP contribution in [-0.4, -0.2) is 83.4 Å². The van der Waals surface area contributed by atoms with Crippen molar-refractivity contribution in [2.24, 2.45) is 5.92 Å². The van der Waals surface area contributed by atoms with Gasteiger partial charge in [-0.25, -0.2) is 9.48 Å². The van der Waals surface area contributed by atoms with Gasteiger partial charge in [-0.2, -0.15) is 5.10 Å². The van der Waals surface area contributed by atoms with E-state index in [-0.39, 0.29) is 24.3 Å². The number of hydrogen-bond acceptors (Lipinski definition) is 8. The van der Waals surface area contributed by atoms with Gasteiger partial charge in [-0.3, -0.25) is 24.6 Å². The smallest absolute Gasteiger partial charge is 0.335 e. The molecule has 214 valence electrons. The van der Waals surface area contributed by atoms with Crippen LogP contribution in [0.3, 0.4) is 0 Å². The first-order chi connectivity index (χ1) is 19.9. The predicted octanol–water partition coefficient (Wildman–Crippen LogP) is 2.11. The molecule has 1 atom stereocenters. The van der Waals surface area contributed by atoms with Crippen LogP contribution in [0.4, 0.5) is 11.4 Å². The Kier molecular flexibility index (Phi) is 7.44. The number of carbonyl (C=O) groups is 3. The zero-order chi connectivity index (χ0) is 28.5. The maximum atomic E-state index is 13.1. The maximum Gasteiger partial charge on any atom is 0.335 e. The molecule has 2 amide bonds. The lowest BCUT2D eigenvalue weighted by molar-refractivity contribution is -0.136. The number of carboxylic acid groups (broad SMARTS) is 1. The van der Waals surface area contributed by atoms with Gasteiger partial charge >= 0.3 is 5.97 Å². The van der Waals surface area contributed by atoms with E-state index in [0.29, 0.717) is 16.9 Å². The molecule has 11 heteroatoms. The largest absolute Gasteiger partial charge is 0.478 e. The molecule has 3 aromatic rings. The van der Waals surface area contributed by atoms with Crippen molar-refractivity contribution >= 4 is 39.9 Å². The number of piperazine rings is 1. The Morgan fingerprint density at radius 3 is 2.24 bits per heavy atom. The van der Waals surface area contributed by atoms with E-state index >= 15 is 0 Å². The molecule has 3 aliphatic heterocycles. The number of carbonyl (C=O) groups excluding carboxylic acids is 2. The van der Waals surface area contributed by atoms with E-state index in [1.165, 1.54) is 4.68 Å². The van der Waals surface area contributed by atoms with E-state index < -0.39 is 17.9 Å². The van der Waals surface area contributed by atoms with Crippen LogP contribution in [0.25, 0.3) is 10.8 Å². The van der Waals surface area contributed by atoms with E-state index in [4.69, 9.17) is 5.11 Å². The molecule has 3 aliphatic rings. The molecule has 0 aliphatic carbocycles. The average molecular weight is 559 g/mol. The van der Waals surface area contributed by atoms with Crippen LogP contribution in [-0.2, 0) is 9.59 Å². The molecular formula is C30H34N6O5. The van der Waals surface area contributed by atoms with Crippen LogP contribution in [0.1, 0.15) is 42.1 Å². The summed E-state index contributed by atoms with van der Waals surface area (Å²) >= 11 is 0. The van der Waals surface area contributed by atoms with Crippen LogP contribution < -0.4 is 20.7 Å². The molecule has 3 fully saturated rings. The van der Waals surface area contributed by atoms with Crippen molar-refractivity contribution in [3.05, 3.63) is 64.6 Å². The molecular weight excluding hydrogens is 524 g/mol. The number of aromatic nitrogens is 2. The number of imide groups is 1. The Labute approximate surface area is 237 Å². The molecule has 2 aromatic carbocycles. The van der Waals surface area contributed by atoms with Crippen molar-refractivity contribution < 1.29 is 19.5 Å². The van der Waals surface area contributed by atoms with Gasteiger partial charge in [0.2, 0.25) is 5.91 Å². The third-order valence-corrected chi connectivity index (χ3v) is 8.65. The molecule has 1 aromatic heterocycles. The van der Waals surface area contributed by atoms with Gasteiger partial charge < -0.3 is 14.9 Å². The third-order valence-electron chi connectivity index (χ3n) is 8.65. The summed E-state index contributed by atoms with van der Waals surface area (Å²) in [5.74, 6) is -1.06. The highest BCUT2D eigenvalue weighted by molar-refractivity contribution is 5.99. The lowest BCUT2D eigenvalue weighted by Crippen LogP contribution is -2.49. The highest BCUT2D eigenvalue weighted by Gasteiger charge is 2.30. The number of carboxylic acids is 1. The van der Waals surface area contributed by atoms with Crippen molar-refractivity contribution in [2.75, 3.05) is 55.6 Å². The summed E-state index contributed by atoms with van der Waals surface area (Å²) in [5.41, 5.74) is 2.13. The van der Waals surface area contributed by atoms with E-state index in [0.717, 1.165) is 75.4 Å². The Bertz CT molecular complexity index is 1520. The average Bonchev–Trinajstić information content (AvgIpc) is 2.98. The standard InChI is InChI=1S/C30H34N6O5/c37-27-8-7-26(28(38)32-27)36-29(39)25-6-5-24(17-22(25)18-31-36)35-15-13-33(14-16-35)19-20-9-11-34(12-10-20)23-3-1-21(2-4-23)30(40)41/h1-6,17-18,20,26H,7-16,19H2,(H,40,41)(H,32,37,38). The van der Waals surface area contributed by atoms with Crippen LogP contribution >= 0.6 is 0 Å². The second kappa shape index (κ2) is 11.3. The highest BCUT2D eigenvalue weighted by atomic mass is 16.4. The topological polar surface area (TPSA) is 128 Å². The summed E-state index contributed by atoms with van der Waals surface area (Å²) in [6.45, 7) is 6.80. The van der Waals surface area contributed by atoms with E-state index in [1.807, 2.05) is 30.3 Å².